The van der Waals surface area contributed by atoms with Crippen molar-refractivity contribution in [1.29, 1.82) is 0 Å². The number of carbonyl (C=O) groups excluding carboxylic acids is 3. The minimum Gasteiger partial charge on any atom is -0.461 e. The summed E-state index contributed by atoms with van der Waals surface area (Å²) >= 11 is 0. The summed E-state index contributed by atoms with van der Waals surface area (Å²) in [6.45, 7) is 3.48. The number of carbonyl (C=O) groups is 3. The van der Waals surface area contributed by atoms with Crippen LogP contribution in [-0.2, 0) is 28.6 Å². The lowest BCUT2D eigenvalue weighted by Crippen LogP contribution is -2.38. The Morgan fingerprint density at radius 2 is 0.906 bits per heavy atom. The molecular weight excluding hydrogens is 408 g/mol. The van der Waals surface area contributed by atoms with Crippen LogP contribution in [0.3, 0.4) is 0 Å². The molecule has 3 aliphatic rings. The lowest BCUT2D eigenvalue weighted by atomic mass is 9.92. The highest BCUT2D eigenvalue weighted by atomic mass is 16.6. The molecule has 0 aromatic rings. The van der Waals surface area contributed by atoms with Gasteiger partial charge in [0.15, 0.2) is 5.92 Å². The van der Waals surface area contributed by atoms with Crippen molar-refractivity contribution in [2.24, 2.45) is 5.92 Å². The summed E-state index contributed by atoms with van der Waals surface area (Å²) in [5, 5.41) is 0. The second-order valence-electron chi connectivity index (χ2n) is 9.91. The first-order chi connectivity index (χ1) is 15.5. The van der Waals surface area contributed by atoms with Gasteiger partial charge in [-0.15, -0.1) is 0 Å². The van der Waals surface area contributed by atoms with Crippen LogP contribution < -0.4 is 0 Å². The van der Waals surface area contributed by atoms with Crippen LogP contribution in [0.1, 0.15) is 110 Å². The van der Waals surface area contributed by atoms with Crippen LogP contribution in [0, 0.1) is 5.92 Å². The summed E-state index contributed by atoms with van der Waals surface area (Å²) in [5.74, 6) is -3.30. The van der Waals surface area contributed by atoms with Crippen molar-refractivity contribution in [2.75, 3.05) is 0 Å². The quantitative estimate of drug-likeness (QED) is 0.219. The van der Waals surface area contributed by atoms with Crippen molar-refractivity contribution in [1.82, 2.24) is 0 Å². The van der Waals surface area contributed by atoms with E-state index in [0.717, 1.165) is 96.3 Å². The molecule has 0 atom stereocenters. The molecule has 6 heteroatoms. The van der Waals surface area contributed by atoms with Gasteiger partial charge in [0.25, 0.3) is 0 Å². The first-order valence-corrected chi connectivity index (χ1v) is 12.7. The molecule has 0 aromatic heterocycles. The van der Waals surface area contributed by atoms with Crippen molar-refractivity contribution in [3.63, 3.8) is 0 Å². The normalized spacial score (nSPS) is 21.1. The predicted octanol–water partition coefficient (Wildman–Crippen LogP) is 5.57. The van der Waals surface area contributed by atoms with E-state index < -0.39 is 23.8 Å². The Bertz CT molecular complexity index is 642. The Hall–Kier alpha value is -1.85. The zero-order valence-electron chi connectivity index (χ0n) is 19.9. The highest BCUT2D eigenvalue weighted by Crippen LogP contribution is 2.29. The van der Waals surface area contributed by atoms with Gasteiger partial charge in [-0.2, -0.15) is 0 Å². The van der Waals surface area contributed by atoms with E-state index in [-0.39, 0.29) is 23.9 Å². The van der Waals surface area contributed by atoms with E-state index in [2.05, 4.69) is 0 Å². The Morgan fingerprint density at radius 3 is 1.25 bits per heavy atom. The minimum atomic E-state index is -1.38. The number of rotatable bonds is 7. The zero-order chi connectivity index (χ0) is 22.9. The van der Waals surface area contributed by atoms with Gasteiger partial charge in [0.1, 0.15) is 18.3 Å². The van der Waals surface area contributed by atoms with Crippen molar-refractivity contribution in [3.8, 4) is 0 Å². The van der Waals surface area contributed by atoms with E-state index in [1.54, 1.807) is 13.8 Å². The fraction of sp³-hybridized carbons (Fsp3) is 0.808. The SMILES string of the molecule is CC(C)=C(C(=O)OC1CCCCC1)C(C(=O)OC1CCCCC1)C(=O)OC1CCCCC1. The Balaban J connectivity index is 1.78. The molecule has 3 fully saturated rings. The van der Waals surface area contributed by atoms with Gasteiger partial charge < -0.3 is 14.2 Å². The van der Waals surface area contributed by atoms with Gasteiger partial charge in [-0.25, -0.2) is 4.79 Å². The van der Waals surface area contributed by atoms with E-state index in [1.165, 1.54) is 0 Å². The molecule has 0 spiro atoms. The standard InChI is InChI=1S/C26H40O6/c1-18(2)22(24(27)30-19-12-6-3-7-13-19)23(25(28)31-20-14-8-4-9-15-20)26(29)32-21-16-10-5-11-17-21/h19-21,23H,3-17H2,1-2H3. The molecule has 0 aliphatic heterocycles. The molecule has 3 saturated carbocycles. The van der Waals surface area contributed by atoms with Crippen molar-refractivity contribution >= 4 is 17.9 Å². The van der Waals surface area contributed by atoms with E-state index in [9.17, 15) is 14.4 Å². The molecular formula is C26H40O6. The first kappa shape index (κ1) is 24.8. The van der Waals surface area contributed by atoms with Crippen LogP contribution in [0.15, 0.2) is 11.1 Å². The number of hydrogen-bond acceptors (Lipinski definition) is 6. The van der Waals surface area contributed by atoms with Crippen molar-refractivity contribution < 1.29 is 28.6 Å². The highest BCUT2D eigenvalue weighted by Gasteiger charge is 2.41. The average molecular weight is 449 g/mol. The molecule has 0 saturated heterocycles. The summed E-state index contributed by atoms with van der Waals surface area (Å²) in [6.07, 6.45) is 13.8. The molecule has 0 N–H and O–H groups in total. The third-order valence-electron chi connectivity index (χ3n) is 7.01. The third kappa shape index (κ3) is 7.08. The maximum atomic E-state index is 13.3. The van der Waals surface area contributed by atoms with Crippen LogP contribution in [-0.4, -0.2) is 36.2 Å². The van der Waals surface area contributed by atoms with E-state index in [0.29, 0.717) is 5.57 Å². The van der Waals surface area contributed by atoms with Gasteiger partial charge in [-0.1, -0.05) is 24.8 Å². The summed E-state index contributed by atoms with van der Waals surface area (Å²) in [6, 6.07) is 0. The molecule has 32 heavy (non-hydrogen) atoms. The number of esters is 3. The van der Waals surface area contributed by atoms with Crippen molar-refractivity contribution in [3.05, 3.63) is 11.1 Å². The summed E-state index contributed by atoms with van der Waals surface area (Å²) < 4.78 is 17.3. The average Bonchev–Trinajstić information content (AvgIpc) is 2.78. The number of hydrogen-bond donors (Lipinski definition) is 0. The van der Waals surface area contributed by atoms with Gasteiger partial charge in [-0.3, -0.25) is 9.59 Å². The summed E-state index contributed by atoms with van der Waals surface area (Å²) in [4.78, 5) is 39.7. The Kier molecular flexibility index (Phi) is 9.61. The minimum absolute atomic E-state index is 0.0946. The zero-order valence-corrected chi connectivity index (χ0v) is 19.9. The maximum Gasteiger partial charge on any atom is 0.335 e. The second kappa shape index (κ2) is 12.4. The van der Waals surface area contributed by atoms with E-state index in [4.69, 9.17) is 14.2 Å². The summed E-state index contributed by atoms with van der Waals surface area (Å²) in [5.41, 5.74) is 0.689. The van der Waals surface area contributed by atoms with Gasteiger partial charge in [0, 0.05) is 0 Å². The van der Waals surface area contributed by atoms with Gasteiger partial charge >= 0.3 is 17.9 Å². The lowest BCUT2D eigenvalue weighted by Gasteiger charge is -2.28. The Morgan fingerprint density at radius 1 is 0.562 bits per heavy atom. The third-order valence-corrected chi connectivity index (χ3v) is 7.01. The van der Waals surface area contributed by atoms with Crippen LogP contribution in [0.2, 0.25) is 0 Å². The highest BCUT2D eigenvalue weighted by molar-refractivity contribution is 6.07. The largest absolute Gasteiger partial charge is 0.461 e. The van der Waals surface area contributed by atoms with Crippen LogP contribution in [0.25, 0.3) is 0 Å². The molecule has 0 radical (unpaired) electrons. The smallest absolute Gasteiger partial charge is 0.335 e. The fourth-order valence-corrected chi connectivity index (χ4v) is 5.17. The number of ether oxygens (including phenoxy) is 3. The molecule has 3 aliphatic carbocycles. The lowest BCUT2D eigenvalue weighted by molar-refractivity contribution is -0.170. The number of allylic oxidation sites excluding steroid dienone is 1. The molecule has 0 heterocycles. The fourth-order valence-electron chi connectivity index (χ4n) is 5.17. The van der Waals surface area contributed by atoms with Gasteiger partial charge in [0.05, 0.1) is 5.57 Å². The van der Waals surface area contributed by atoms with Crippen LogP contribution in [0.5, 0.6) is 0 Å². The maximum absolute atomic E-state index is 13.3. The molecule has 6 nitrogen and oxygen atoms in total. The molecule has 3 rings (SSSR count). The molecule has 0 bridgehead atoms. The predicted molar refractivity (Wildman–Crippen MR) is 121 cm³/mol. The van der Waals surface area contributed by atoms with E-state index >= 15 is 0 Å². The van der Waals surface area contributed by atoms with Gasteiger partial charge in [0.2, 0.25) is 0 Å². The van der Waals surface area contributed by atoms with E-state index in [1.807, 2.05) is 0 Å². The first-order valence-electron chi connectivity index (χ1n) is 12.7. The second-order valence-corrected chi connectivity index (χ2v) is 9.91. The molecule has 0 aromatic carbocycles. The molecule has 0 unspecified atom stereocenters. The molecule has 180 valence electrons. The molecule has 0 amide bonds. The van der Waals surface area contributed by atoms with Gasteiger partial charge in [-0.05, 0) is 90.9 Å². The summed E-state index contributed by atoms with van der Waals surface area (Å²) in [7, 11) is 0. The topological polar surface area (TPSA) is 78.9 Å². The monoisotopic (exact) mass is 448 g/mol. The van der Waals surface area contributed by atoms with Crippen LogP contribution in [0.4, 0.5) is 0 Å². The Labute approximate surface area is 192 Å². The van der Waals surface area contributed by atoms with Crippen molar-refractivity contribution in [2.45, 2.75) is 128 Å². The van der Waals surface area contributed by atoms with Crippen LogP contribution >= 0.6 is 0 Å².